The first-order valence-electron chi connectivity index (χ1n) is 5.98. The van der Waals surface area contributed by atoms with E-state index in [9.17, 15) is 8.42 Å². The molecule has 4 nitrogen and oxygen atoms in total. The molecule has 1 aliphatic heterocycles. The smallest absolute Gasteiger partial charge is 0.150 e. The van der Waals surface area contributed by atoms with Gasteiger partial charge in [0.05, 0.1) is 22.8 Å². The van der Waals surface area contributed by atoms with E-state index in [1.54, 1.807) is 6.07 Å². The molecular formula is C13H16N2O2S. The number of anilines is 1. The highest BCUT2D eigenvalue weighted by atomic mass is 32.2. The highest BCUT2D eigenvalue weighted by Crippen LogP contribution is 2.24. The van der Waals surface area contributed by atoms with Crippen molar-refractivity contribution >= 4 is 15.5 Å². The molecular weight excluding hydrogens is 248 g/mol. The van der Waals surface area contributed by atoms with Crippen molar-refractivity contribution in [3.63, 3.8) is 0 Å². The van der Waals surface area contributed by atoms with E-state index < -0.39 is 9.84 Å². The van der Waals surface area contributed by atoms with Gasteiger partial charge in [0, 0.05) is 6.04 Å². The lowest BCUT2D eigenvalue weighted by atomic mass is 10.1. The molecule has 1 aromatic carbocycles. The molecule has 0 radical (unpaired) electrons. The van der Waals surface area contributed by atoms with Crippen LogP contribution in [-0.4, -0.2) is 26.0 Å². The fraction of sp³-hybridized carbons (Fsp3) is 0.462. The summed E-state index contributed by atoms with van der Waals surface area (Å²) in [5, 5.41) is 12.4. The lowest BCUT2D eigenvalue weighted by molar-refractivity contribution is 0.559. The van der Waals surface area contributed by atoms with Gasteiger partial charge in [-0.05, 0) is 31.4 Å². The van der Waals surface area contributed by atoms with Gasteiger partial charge in [0.15, 0.2) is 0 Å². The van der Waals surface area contributed by atoms with Crippen molar-refractivity contribution in [1.82, 2.24) is 0 Å². The van der Waals surface area contributed by atoms with Gasteiger partial charge in [0.1, 0.15) is 15.9 Å². The monoisotopic (exact) mass is 264 g/mol. The number of hydrogen-bond donors (Lipinski definition) is 1. The number of benzene rings is 1. The number of nitrogens with one attached hydrogen (secondary N) is 1. The Morgan fingerprint density at radius 2 is 2.00 bits per heavy atom. The van der Waals surface area contributed by atoms with Gasteiger partial charge in [0.2, 0.25) is 0 Å². The normalized spacial score (nSPS) is 19.1. The molecule has 1 fully saturated rings. The molecule has 1 aliphatic rings. The predicted molar refractivity (Wildman–Crippen MR) is 71.2 cm³/mol. The summed E-state index contributed by atoms with van der Waals surface area (Å²) in [6, 6.07) is 7.87. The molecule has 18 heavy (non-hydrogen) atoms. The fourth-order valence-corrected chi connectivity index (χ4v) is 3.68. The number of nitrogens with zero attached hydrogens (tertiary/aromatic N) is 1. The Hall–Kier alpha value is -1.54. The standard InChI is InChI=1S/C13H16N2O2S/c1-10-3-2-4-11(9-14)13(10)15-12-5-7-18(16,17)8-6-12/h2-4,12,15H,5-8H2,1H3. The molecule has 1 saturated heterocycles. The van der Waals surface area contributed by atoms with E-state index in [0.29, 0.717) is 18.4 Å². The van der Waals surface area contributed by atoms with Gasteiger partial charge in [-0.2, -0.15) is 5.26 Å². The van der Waals surface area contributed by atoms with Crippen molar-refractivity contribution in [2.45, 2.75) is 25.8 Å². The molecule has 96 valence electrons. The second kappa shape index (κ2) is 4.99. The van der Waals surface area contributed by atoms with Crippen LogP contribution in [0.4, 0.5) is 5.69 Å². The van der Waals surface area contributed by atoms with Crippen LogP contribution >= 0.6 is 0 Å². The van der Waals surface area contributed by atoms with Crippen LogP contribution in [0.2, 0.25) is 0 Å². The highest BCUT2D eigenvalue weighted by molar-refractivity contribution is 7.91. The largest absolute Gasteiger partial charge is 0.381 e. The second-order valence-electron chi connectivity index (χ2n) is 4.68. The van der Waals surface area contributed by atoms with Gasteiger partial charge in [0.25, 0.3) is 0 Å². The minimum atomic E-state index is -2.84. The first-order chi connectivity index (χ1) is 8.52. The number of nitriles is 1. The molecule has 0 atom stereocenters. The molecule has 1 heterocycles. The Morgan fingerprint density at radius 1 is 1.33 bits per heavy atom. The van der Waals surface area contributed by atoms with Crippen LogP contribution in [0.5, 0.6) is 0 Å². The van der Waals surface area contributed by atoms with E-state index in [2.05, 4.69) is 11.4 Å². The van der Waals surface area contributed by atoms with E-state index >= 15 is 0 Å². The molecule has 2 rings (SSSR count). The fourth-order valence-electron chi connectivity index (χ4n) is 2.19. The Bertz CT molecular complexity index is 573. The summed E-state index contributed by atoms with van der Waals surface area (Å²) in [7, 11) is -2.84. The number of sulfone groups is 1. The van der Waals surface area contributed by atoms with Crippen LogP contribution in [0.3, 0.4) is 0 Å². The van der Waals surface area contributed by atoms with Gasteiger partial charge in [-0.1, -0.05) is 12.1 Å². The molecule has 5 heteroatoms. The van der Waals surface area contributed by atoms with Gasteiger partial charge in [-0.25, -0.2) is 8.42 Å². The summed E-state index contributed by atoms with van der Waals surface area (Å²) >= 11 is 0. The van der Waals surface area contributed by atoms with Crippen LogP contribution in [0.15, 0.2) is 18.2 Å². The summed E-state index contributed by atoms with van der Waals surface area (Å²) in [5.74, 6) is 0.469. The van der Waals surface area contributed by atoms with E-state index in [-0.39, 0.29) is 17.5 Å². The number of para-hydroxylation sites is 1. The van der Waals surface area contributed by atoms with Gasteiger partial charge >= 0.3 is 0 Å². The lowest BCUT2D eigenvalue weighted by Crippen LogP contribution is -2.32. The van der Waals surface area contributed by atoms with Crippen LogP contribution in [0, 0.1) is 18.3 Å². The highest BCUT2D eigenvalue weighted by Gasteiger charge is 2.24. The maximum absolute atomic E-state index is 11.4. The molecule has 0 saturated carbocycles. The topological polar surface area (TPSA) is 70.0 Å². The Balaban J connectivity index is 2.14. The quantitative estimate of drug-likeness (QED) is 0.885. The van der Waals surface area contributed by atoms with Crippen LogP contribution in [-0.2, 0) is 9.84 Å². The molecule has 0 amide bonds. The Labute approximate surface area is 108 Å². The SMILES string of the molecule is Cc1cccc(C#N)c1NC1CCS(=O)(=O)CC1. The third-order valence-electron chi connectivity index (χ3n) is 3.30. The molecule has 0 unspecified atom stereocenters. The maximum Gasteiger partial charge on any atom is 0.150 e. The molecule has 0 bridgehead atoms. The zero-order chi connectivity index (χ0) is 13.2. The van der Waals surface area contributed by atoms with Crippen molar-refractivity contribution in [1.29, 1.82) is 5.26 Å². The lowest BCUT2D eigenvalue weighted by Gasteiger charge is -2.25. The van der Waals surface area contributed by atoms with Gasteiger partial charge in [-0.15, -0.1) is 0 Å². The van der Waals surface area contributed by atoms with Crippen LogP contribution in [0.25, 0.3) is 0 Å². The molecule has 0 aliphatic carbocycles. The van der Waals surface area contributed by atoms with E-state index in [1.807, 2.05) is 19.1 Å². The van der Waals surface area contributed by atoms with Crippen molar-refractivity contribution < 1.29 is 8.42 Å². The van der Waals surface area contributed by atoms with Crippen molar-refractivity contribution in [3.05, 3.63) is 29.3 Å². The Kier molecular flexibility index (Phi) is 3.58. The van der Waals surface area contributed by atoms with Gasteiger partial charge in [-0.3, -0.25) is 0 Å². The number of aryl methyl sites for hydroxylation is 1. The Morgan fingerprint density at radius 3 is 2.61 bits per heavy atom. The summed E-state index contributed by atoms with van der Waals surface area (Å²) in [6.07, 6.45) is 1.23. The molecule has 0 spiro atoms. The predicted octanol–water partition coefficient (Wildman–Crippen LogP) is 1.86. The minimum Gasteiger partial charge on any atom is -0.381 e. The van der Waals surface area contributed by atoms with Crippen molar-refractivity contribution in [3.8, 4) is 6.07 Å². The summed E-state index contributed by atoms with van der Waals surface area (Å²) in [5.41, 5.74) is 2.47. The van der Waals surface area contributed by atoms with E-state index in [1.165, 1.54) is 0 Å². The summed E-state index contributed by atoms with van der Waals surface area (Å²) in [4.78, 5) is 0. The first kappa shape index (κ1) is 12.9. The van der Waals surface area contributed by atoms with E-state index in [0.717, 1.165) is 11.3 Å². The maximum atomic E-state index is 11.4. The average Bonchev–Trinajstić information content (AvgIpc) is 2.34. The third-order valence-corrected chi connectivity index (χ3v) is 5.01. The zero-order valence-corrected chi connectivity index (χ0v) is 11.1. The number of hydrogen-bond acceptors (Lipinski definition) is 4. The molecule has 0 aromatic heterocycles. The van der Waals surface area contributed by atoms with Gasteiger partial charge < -0.3 is 5.32 Å². The third kappa shape index (κ3) is 2.82. The van der Waals surface area contributed by atoms with Crippen molar-refractivity contribution in [2.75, 3.05) is 16.8 Å². The van der Waals surface area contributed by atoms with Crippen LogP contribution < -0.4 is 5.32 Å². The van der Waals surface area contributed by atoms with E-state index in [4.69, 9.17) is 5.26 Å². The summed E-state index contributed by atoms with van der Waals surface area (Å²) in [6.45, 7) is 1.95. The second-order valence-corrected chi connectivity index (χ2v) is 6.98. The van der Waals surface area contributed by atoms with Crippen molar-refractivity contribution in [2.24, 2.45) is 0 Å². The zero-order valence-electron chi connectivity index (χ0n) is 10.3. The average molecular weight is 264 g/mol. The molecule has 1 N–H and O–H groups in total. The first-order valence-corrected chi connectivity index (χ1v) is 7.80. The number of rotatable bonds is 2. The molecule has 1 aromatic rings. The van der Waals surface area contributed by atoms with Crippen LogP contribution in [0.1, 0.15) is 24.0 Å². The summed E-state index contributed by atoms with van der Waals surface area (Å²) < 4.78 is 22.7. The minimum absolute atomic E-state index is 0.140.